The highest BCUT2D eigenvalue weighted by molar-refractivity contribution is 6.01. The van der Waals surface area contributed by atoms with Gasteiger partial charge in [0.15, 0.2) is 0 Å². The molecule has 128 valence electrons. The number of carbonyl (C=O) groups excluding carboxylic acids is 2. The first kappa shape index (κ1) is 19.5. The molecule has 1 aliphatic rings. The topological polar surface area (TPSA) is 75.4 Å². The van der Waals surface area contributed by atoms with Gasteiger partial charge in [-0.25, -0.2) is 0 Å². The largest absolute Gasteiger partial charge is 0.345 e. The molecule has 0 aromatic heterocycles. The minimum absolute atomic E-state index is 0. The van der Waals surface area contributed by atoms with Crippen molar-refractivity contribution in [2.45, 2.75) is 38.6 Å². The second kappa shape index (κ2) is 8.31. The predicted octanol–water partition coefficient (Wildman–Crippen LogP) is 2.37. The van der Waals surface area contributed by atoms with E-state index in [2.05, 4.69) is 19.2 Å². The number of carbonyl (C=O) groups is 2. The van der Waals surface area contributed by atoms with Crippen LogP contribution < -0.4 is 11.1 Å². The summed E-state index contributed by atoms with van der Waals surface area (Å²) in [4.78, 5) is 26.2. The van der Waals surface area contributed by atoms with Crippen molar-refractivity contribution in [2.75, 3.05) is 18.9 Å². The van der Waals surface area contributed by atoms with Crippen LogP contribution >= 0.6 is 12.4 Å². The molecule has 1 aromatic rings. The SMILES string of the molecule is CC(C)C(N)CCN(C)C(=O)C1CC(=O)Nc2ccccc21.Cl. The number of fused-ring (bicyclic) bond motifs is 1. The summed E-state index contributed by atoms with van der Waals surface area (Å²) in [5.41, 5.74) is 7.68. The number of hydrogen-bond donors (Lipinski definition) is 2. The summed E-state index contributed by atoms with van der Waals surface area (Å²) < 4.78 is 0. The number of anilines is 1. The van der Waals surface area contributed by atoms with Crippen LogP contribution in [0.25, 0.3) is 0 Å². The van der Waals surface area contributed by atoms with Gasteiger partial charge in [-0.05, 0) is 24.0 Å². The molecule has 2 amide bonds. The van der Waals surface area contributed by atoms with Crippen molar-refractivity contribution in [1.29, 1.82) is 0 Å². The Bertz CT molecular complexity index is 563. The molecule has 2 atom stereocenters. The van der Waals surface area contributed by atoms with Crippen LogP contribution in [0.15, 0.2) is 24.3 Å². The quantitative estimate of drug-likeness (QED) is 0.864. The van der Waals surface area contributed by atoms with E-state index in [1.54, 1.807) is 11.9 Å². The lowest BCUT2D eigenvalue weighted by Gasteiger charge is -2.29. The number of rotatable bonds is 5. The lowest BCUT2D eigenvalue weighted by molar-refractivity contribution is -0.133. The molecule has 0 radical (unpaired) electrons. The second-order valence-corrected chi connectivity index (χ2v) is 6.35. The Balaban J connectivity index is 0.00000264. The lowest BCUT2D eigenvalue weighted by atomic mass is 9.89. The number of halogens is 1. The normalized spacial score (nSPS) is 17.8. The van der Waals surface area contributed by atoms with Gasteiger partial charge in [-0.15, -0.1) is 12.4 Å². The molecule has 2 unspecified atom stereocenters. The molecule has 0 bridgehead atoms. The number of para-hydroxylation sites is 1. The Morgan fingerprint density at radius 2 is 2.04 bits per heavy atom. The standard InChI is InChI=1S/C17H25N3O2.ClH/c1-11(2)14(18)8-9-20(3)17(22)13-10-16(21)19-15-7-5-4-6-12(13)15;/h4-7,11,13-14H,8-10,18H2,1-3H3,(H,19,21);1H. The van der Waals surface area contributed by atoms with E-state index in [9.17, 15) is 9.59 Å². The van der Waals surface area contributed by atoms with Crippen molar-refractivity contribution in [3.8, 4) is 0 Å². The summed E-state index contributed by atoms with van der Waals surface area (Å²) in [5, 5.41) is 2.82. The summed E-state index contributed by atoms with van der Waals surface area (Å²) in [6, 6.07) is 7.58. The monoisotopic (exact) mass is 339 g/mol. The van der Waals surface area contributed by atoms with E-state index in [4.69, 9.17) is 5.73 Å². The molecule has 6 heteroatoms. The second-order valence-electron chi connectivity index (χ2n) is 6.35. The third-order valence-corrected chi connectivity index (χ3v) is 4.33. The molecule has 0 fully saturated rings. The van der Waals surface area contributed by atoms with Crippen molar-refractivity contribution in [3.63, 3.8) is 0 Å². The third-order valence-electron chi connectivity index (χ3n) is 4.33. The fourth-order valence-corrected chi connectivity index (χ4v) is 2.68. The van der Waals surface area contributed by atoms with Gasteiger partial charge in [-0.1, -0.05) is 32.0 Å². The Morgan fingerprint density at radius 3 is 2.70 bits per heavy atom. The molecular formula is C17H26ClN3O2. The van der Waals surface area contributed by atoms with Crippen LogP contribution in [0, 0.1) is 5.92 Å². The lowest BCUT2D eigenvalue weighted by Crippen LogP contribution is -2.39. The van der Waals surface area contributed by atoms with Crippen molar-refractivity contribution >= 4 is 29.9 Å². The number of likely N-dealkylation sites (N-methyl/N-ethyl adjacent to an activating group) is 1. The van der Waals surface area contributed by atoms with Crippen LogP contribution in [0.2, 0.25) is 0 Å². The zero-order chi connectivity index (χ0) is 16.3. The molecule has 1 heterocycles. The van der Waals surface area contributed by atoms with Crippen LogP contribution in [0.4, 0.5) is 5.69 Å². The smallest absolute Gasteiger partial charge is 0.230 e. The van der Waals surface area contributed by atoms with Gasteiger partial charge in [0.25, 0.3) is 0 Å². The van der Waals surface area contributed by atoms with Gasteiger partial charge in [0.1, 0.15) is 0 Å². The third kappa shape index (κ3) is 4.69. The van der Waals surface area contributed by atoms with Crippen molar-refractivity contribution < 1.29 is 9.59 Å². The zero-order valence-corrected chi connectivity index (χ0v) is 14.7. The molecule has 23 heavy (non-hydrogen) atoms. The first-order chi connectivity index (χ1) is 10.4. The molecule has 1 aromatic carbocycles. The maximum atomic E-state index is 12.7. The van der Waals surface area contributed by atoms with Crippen LogP contribution in [-0.4, -0.2) is 36.3 Å². The Labute approximate surface area is 144 Å². The average Bonchev–Trinajstić information content (AvgIpc) is 2.50. The maximum absolute atomic E-state index is 12.7. The fourth-order valence-electron chi connectivity index (χ4n) is 2.68. The van der Waals surface area contributed by atoms with Gasteiger partial charge in [-0.2, -0.15) is 0 Å². The highest BCUT2D eigenvalue weighted by Crippen LogP contribution is 2.33. The van der Waals surface area contributed by atoms with E-state index in [0.717, 1.165) is 17.7 Å². The number of benzene rings is 1. The summed E-state index contributed by atoms with van der Waals surface area (Å²) in [6.07, 6.45) is 0.969. The number of nitrogens with one attached hydrogen (secondary N) is 1. The Morgan fingerprint density at radius 1 is 1.39 bits per heavy atom. The first-order valence-corrected chi connectivity index (χ1v) is 7.79. The number of nitrogens with two attached hydrogens (primary N) is 1. The Hall–Kier alpha value is -1.59. The summed E-state index contributed by atoms with van der Waals surface area (Å²) >= 11 is 0. The number of hydrogen-bond acceptors (Lipinski definition) is 3. The summed E-state index contributed by atoms with van der Waals surface area (Å²) in [6.45, 7) is 4.76. The predicted molar refractivity (Wildman–Crippen MR) is 94.7 cm³/mol. The minimum atomic E-state index is -0.398. The molecule has 2 rings (SSSR count). The fraction of sp³-hybridized carbons (Fsp3) is 0.529. The van der Waals surface area contributed by atoms with E-state index in [0.29, 0.717) is 12.5 Å². The zero-order valence-electron chi connectivity index (χ0n) is 13.9. The van der Waals surface area contributed by atoms with Gasteiger partial charge < -0.3 is 16.0 Å². The molecule has 5 nitrogen and oxygen atoms in total. The van der Waals surface area contributed by atoms with E-state index in [1.165, 1.54) is 0 Å². The summed E-state index contributed by atoms with van der Waals surface area (Å²) in [5.74, 6) is -0.127. The van der Waals surface area contributed by atoms with Crippen LogP contribution in [0.5, 0.6) is 0 Å². The van der Waals surface area contributed by atoms with Crippen molar-refractivity contribution in [3.05, 3.63) is 29.8 Å². The number of amides is 2. The van der Waals surface area contributed by atoms with Gasteiger partial charge in [0, 0.05) is 31.7 Å². The molecular weight excluding hydrogens is 314 g/mol. The maximum Gasteiger partial charge on any atom is 0.230 e. The van der Waals surface area contributed by atoms with Crippen LogP contribution in [0.1, 0.15) is 38.2 Å². The molecule has 0 aliphatic carbocycles. The van der Waals surface area contributed by atoms with E-state index in [-0.39, 0.29) is 36.7 Å². The summed E-state index contributed by atoms with van der Waals surface area (Å²) in [7, 11) is 1.78. The van der Waals surface area contributed by atoms with Gasteiger partial charge in [-0.3, -0.25) is 9.59 Å². The van der Waals surface area contributed by atoms with Gasteiger partial charge >= 0.3 is 0 Å². The minimum Gasteiger partial charge on any atom is -0.345 e. The van der Waals surface area contributed by atoms with E-state index < -0.39 is 5.92 Å². The highest BCUT2D eigenvalue weighted by Gasteiger charge is 2.32. The Kier molecular flexibility index (Phi) is 7.03. The average molecular weight is 340 g/mol. The van der Waals surface area contributed by atoms with Gasteiger partial charge in [0.05, 0.1) is 5.92 Å². The molecule has 1 aliphatic heterocycles. The van der Waals surface area contributed by atoms with E-state index in [1.807, 2.05) is 24.3 Å². The van der Waals surface area contributed by atoms with E-state index >= 15 is 0 Å². The molecule has 0 spiro atoms. The number of nitrogens with zero attached hydrogens (tertiary/aromatic N) is 1. The molecule has 0 saturated heterocycles. The highest BCUT2D eigenvalue weighted by atomic mass is 35.5. The molecule has 0 saturated carbocycles. The van der Waals surface area contributed by atoms with Crippen LogP contribution in [-0.2, 0) is 9.59 Å². The van der Waals surface area contributed by atoms with Crippen molar-refractivity contribution in [1.82, 2.24) is 4.90 Å². The van der Waals surface area contributed by atoms with Crippen LogP contribution in [0.3, 0.4) is 0 Å². The van der Waals surface area contributed by atoms with Gasteiger partial charge in [0.2, 0.25) is 11.8 Å². The van der Waals surface area contributed by atoms with Crippen molar-refractivity contribution in [2.24, 2.45) is 11.7 Å². The molecule has 3 N–H and O–H groups in total. The first-order valence-electron chi connectivity index (χ1n) is 7.79.